The van der Waals surface area contributed by atoms with Crippen molar-refractivity contribution < 1.29 is 9.18 Å². The number of piperidine rings is 1. The molecular formula is C15H20ClFN2O. The van der Waals surface area contributed by atoms with Gasteiger partial charge in [0.05, 0.1) is 16.8 Å². The highest BCUT2D eigenvalue weighted by molar-refractivity contribution is 6.33. The molecule has 0 bridgehead atoms. The van der Waals surface area contributed by atoms with Gasteiger partial charge in [0.15, 0.2) is 0 Å². The summed E-state index contributed by atoms with van der Waals surface area (Å²) in [4.78, 5) is 14.4. The van der Waals surface area contributed by atoms with Gasteiger partial charge in [-0.2, -0.15) is 0 Å². The van der Waals surface area contributed by atoms with Crippen LogP contribution in [0.4, 0.5) is 10.1 Å². The van der Waals surface area contributed by atoms with Crippen molar-refractivity contribution in [1.29, 1.82) is 0 Å². The average molecular weight is 299 g/mol. The Morgan fingerprint density at radius 1 is 1.45 bits per heavy atom. The van der Waals surface area contributed by atoms with Crippen molar-refractivity contribution >= 4 is 23.2 Å². The Kier molecular flexibility index (Phi) is 5.00. The molecule has 1 N–H and O–H groups in total. The molecule has 1 heterocycles. The van der Waals surface area contributed by atoms with E-state index in [0.29, 0.717) is 5.69 Å². The Labute approximate surface area is 124 Å². The molecule has 1 aliphatic rings. The third kappa shape index (κ3) is 3.70. The molecule has 20 heavy (non-hydrogen) atoms. The molecule has 5 heteroatoms. The van der Waals surface area contributed by atoms with Gasteiger partial charge in [-0.3, -0.25) is 9.69 Å². The largest absolute Gasteiger partial charge is 0.323 e. The van der Waals surface area contributed by atoms with Crippen LogP contribution in [0.25, 0.3) is 0 Å². The number of amides is 1. The first kappa shape index (κ1) is 15.3. The molecule has 0 unspecified atom stereocenters. The van der Waals surface area contributed by atoms with E-state index in [0.717, 1.165) is 31.8 Å². The maximum atomic E-state index is 13.0. The summed E-state index contributed by atoms with van der Waals surface area (Å²) in [5, 5.41) is 2.99. The SMILES string of the molecule is CC1CCN([C@@H](C)C(=O)Nc2ccc(F)cc2Cl)CC1. The highest BCUT2D eigenvalue weighted by Gasteiger charge is 2.25. The molecule has 3 nitrogen and oxygen atoms in total. The van der Waals surface area contributed by atoms with Crippen molar-refractivity contribution in [2.24, 2.45) is 5.92 Å². The number of anilines is 1. The number of hydrogen-bond acceptors (Lipinski definition) is 2. The van der Waals surface area contributed by atoms with E-state index in [-0.39, 0.29) is 17.0 Å². The number of nitrogens with zero attached hydrogens (tertiary/aromatic N) is 1. The third-order valence-electron chi connectivity index (χ3n) is 3.93. The monoisotopic (exact) mass is 298 g/mol. The molecule has 0 radical (unpaired) electrons. The van der Waals surface area contributed by atoms with Gasteiger partial charge in [0, 0.05) is 0 Å². The number of benzene rings is 1. The van der Waals surface area contributed by atoms with E-state index in [4.69, 9.17) is 11.6 Å². The fraction of sp³-hybridized carbons (Fsp3) is 0.533. The molecule has 1 amide bonds. The van der Waals surface area contributed by atoms with Gasteiger partial charge in [0.25, 0.3) is 0 Å². The minimum atomic E-state index is -0.411. The number of rotatable bonds is 3. The minimum absolute atomic E-state index is 0.104. The maximum Gasteiger partial charge on any atom is 0.241 e. The van der Waals surface area contributed by atoms with Gasteiger partial charge in [0.1, 0.15) is 5.82 Å². The minimum Gasteiger partial charge on any atom is -0.323 e. The van der Waals surface area contributed by atoms with Gasteiger partial charge in [0.2, 0.25) is 5.91 Å². The summed E-state index contributed by atoms with van der Waals surface area (Å²) in [6.07, 6.45) is 2.24. The second kappa shape index (κ2) is 6.55. The molecule has 1 fully saturated rings. The van der Waals surface area contributed by atoms with Crippen LogP contribution in [0.1, 0.15) is 26.7 Å². The predicted molar refractivity (Wildman–Crippen MR) is 79.5 cm³/mol. The van der Waals surface area contributed by atoms with Gasteiger partial charge >= 0.3 is 0 Å². The van der Waals surface area contributed by atoms with E-state index >= 15 is 0 Å². The Morgan fingerprint density at radius 3 is 2.70 bits per heavy atom. The Morgan fingerprint density at radius 2 is 2.10 bits per heavy atom. The van der Waals surface area contributed by atoms with E-state index in [1.54, 1.807) is 0 Å². The van der Waals surface area contributed by atoms with Crippen LogP contribution in [-0.2, 0) is 4.79 Å². The standard InChI is InChI=1S/C15H20ClFN2O/c1-10-5-7-19(8-6-10)11(2)15(20)18-14-4-3-12(17)9-13(14)16/h3-4,9-11H,5-8H2,1-2H3,(H,18,20)/t11-/m0/s1. The summed E-state index contributed by atoms with van der Waals surface area (Å²) in [5.41, 5.74) is 0.454. The second-order valence-electron chi connectivity index (χ2n) is 5.51. The van der Waals surface area contributed by atoms with Gasteiger partial charge in [-0.25, -0.2) is 4.39 Å². The topological polar surface area (TPSA) is 32.3 Å². The second-order valence-corrected chi connectivity index (χ2v) is 5.92. The number of halogens is 2. The first-order valence-electron chi connectivity index (χ1n) is 6.97. The molecule has 1 atom stereocenters. The number of carbonyl (C=O) groups is 1. The zero-order valence-electron chi connectivity index (χ0n) is 11.8. The molecule has 0 aromatic heterocycles. The lowest BCUT2D eigenvalue weighted by molar-refractivity contribution is -0.121. The van der Waals surface area contributed by atoms with Crippen LogP contribution in [0.15, 0.2) is 18.2 Å². The first-order valence-corrected chi connectivity index (χ1v) is 7.35. The number of nitrogens with one attached hydrogen (secondary N) is 1. The molecule has 110 valence electrons. The first-order chi connectivity index (χ1) is 9.47. The fourth-order valence-electron chi connectivity index (χ4n) is 2.41. The van der Waals surface area contributed by atoms with Crippen molar-refractivity contribution in [3.63, 3.8) is 0 Å². The van der Waals surface area contributed by atoms with E-state index < -0.39 is 5.82 Å². The highest BCUT2D eigenvalue weighted by atomic mass is 35.5. The van der Waals surface area contributed by atoms with Gasteiger partial charge < -0.3 is 5.32 Å². The van der Waals surface area contributed by atoms with Crippen molar-refractivity contribution in [2.75, 3.05) is 18.4 Å². The van der Waals surface area contributed by atoms with E-state index in [1.165, 1.54) is 18.2 Å². The number of likely N-dealkylation sites (tertiary alicyclic amines) is 1. The van der Waals surface area contributed by atoms with Gasteiger partial charge in [-0.15, -0.1) is 0 Å². The van der Waals surface area contributed by atoms with Crippen LogP contribution in [0.2, 0.25) is 5.02 Å². The molecule has 1 aromatic rings. The number of carbonyl (C=O) groups excluding carboxylic acids is 1. The Hall–Kier alpha value is -1.13. The zero-order valence-corrected chi connectivity index (χ0v) is 12.6. The third-order valence-corrected chi connectivity index (χ3v) is 4.25. The quantitative estimate of drug-likeness (QED) is 0.926. The number of hydrogen-bond donors (Lipinski definition) is 1. The molecule has 0 saturated carbocycles. The molecule has 1 saturated heterocycles. The van der Waals surface area contributed by atoms with E-state index in [9.17, 15) is 9.18 Å². The van der Waals surface area contributed by atoms with Gasteiger partial charge in [-0.05, 0) is 57.0 Å². The van der Waals surface area contributed by atoms with E-state index in [2.05, 4.69) is 17.1 Å². The van der Waals surface area contributed by atoms with E-state index in [1.807, 2.05) is 6.92 Å². The molecular weight excluding hydrogens is 279 g/mol. The summed E-state index contributed by atoms with van der Waals surface area (Å²) < 4.78 is 13.0. The van der Waals surface area contributed by atoms with Crippen LogP contribution >= 0.6 is 11.6 Å². The smallest absolute Gasteiger partial charge is 0.241 e. The summed E-state index contributed by atoms with van der Waals surface area (Å²) in [5.74, 6) is 0.215. The summed E-state index contributed by atoms with van der Waals surface area (Å²) in [6, 6.07) is 3.77. The lowest BCUT2D eigenvalue weighted by atomic mass is 9.98. The lowest BCUT2D eigenvalue weighted by Crippen LogP contribution is -2.45. The molecule has 2 rings (SSSR count). The molecule has 0 spiro atoms. The highest BCUT2D eigenvalue weighted by Crippen LogP contribution is 2.23. The molecule has 0 aliphatic carbocycles. The Bertz CT molecular complexity index is 487. The van der Waals surface area contributed by atoms with Crippen LogP contribution in [0, 0.1) is 11.7 Å². The van der Waals surface area contributed by atoms with Crippen molar-refractivity contribution in [1.82, 2.24) is 4.90 Å². The lowest BCUT2D eigenvalue weighted by Gasteiger charge is -2.34. The maximum absolute atomic E-state index is 13.0. The Balaban J connectivity index is 1.97. The van der Waals surface area contributed by atoms with Crippen LogP contribution in [-0.4, -0.2) is 29.9 Å². The fourth-order valence-corrected chi connectivity index (χ4v) is 2.62. The molecule has 1 aromatic carbocycles. The van der Waals surface area contributed by atoms with Crippen molar-refractivity contribution in [3.8, 4) is 0 Å². The summed E-state index contributed by atoms with van der Waals surface area (Å²) >= 11 is 5.91. The van der Waals surface area contributed by atoms with Gasteiger partial charge in [-0.1, -0.05) is 18.5 Å². The van der Waals surface area contributed by atoms with Crippen molar-refractivity contribution in [3.05, 3.63) is 29.0 Å². The van der Waals surface area contributed by atoms with Crippen molar-refractivity contribution in [2.45, 2.75) is 32.7 Å². The average Bonchev–Trinajstić information content (AvgIpc) is 2.42. The summed E-state index contributed by atoms with van der Waals surface area (Å²) in [6.45, 7) is 6.00. The normalized spacial score (nSPS) is 18.8. The van der Waals surface area contributed by atoms with Crippen LogP contribution in [0.5, 0.6) is 0 Å². The zero-order chi connectivity index (χ0) is 14.7. The molecule has 1 aliphatic heterocycles. The van der Waals surface area contributed by atoms with Crippen LogP contribution < -0.4 is 5.32 Å². The predicted octanol–water partition coefficient (Wildman–Crippen LogP) is 3.54. The van der Waals surface area contributed by atoms with Crippen LogP contribution in [0.3, 0.4) is 0 Å². The summed E-state index contributed by atoms with van der Waals surface area (Å²) in [7, 11) is 0.